The third-order valence-electron chi connectivity index (χ3n) is 2.90. The molecule has 3 nitrogen and oxygen atoms in total. The van der Waals surface area contributed by atoms with Crippen molar-refractivity contribution < 1.29 is 13.6 Å². The van der Waals surface area contributed by atoms with E-state index in [0.29, 0.717) is 28.8 Å². The zero-order valence-corrected chi connectivity index (χ0v) is 11.8. The minimum Gasteiger partial charge on any atom is -0.336 e. The van der Waals surface area contributed by atoms with Crippen LogP contribution in [0.1, 0.15) is 10.4 Å². The Labute approximate surface area is 118 Å². The maximum absolute atomic E-state index is 13.4. The molecule has 18 heavy (non-hydrogen) atoms. The van der Waals surface area contributed by atoms with E-state index in [0.717, 1.165) is 0 Å². The largest absolute Gasteiger partial charge is 0.336 e. The first-order chi connectivity index (χ1) is 8.61. The minimum absolute atomic E-state index is 0.245. The standard InChI is InChI=1S/C12H13F2IN2O/c13-6-9-7-17(4-3-16-9)12(18)8-1-2-11(15)10(14)5-8/h1-2,5,9,16H,3-4,6-7H2. The molecule has 1 aliphatic heterocycles. The fraction of sp³-hybridized carbons (Fsp3) is 0.417. The van der Waals surface area contributed by atoms with Gasteiger partial charge in [0.25, 0.3) is 5.91 Å². The summed E-state index contributed by atoms with van der Waals surface area (Å²) in [6.07, 6.45) is 0. The molecule has 6 heteroatoms. The first-order valence-electron chi connectivity index (χ1n) is 5.65. The lowest BCUT2D eigenvalue weighted by Gasteiger charge is -2.32. The molecular formula is C12H13F2IN2O. The Kier molecular flexibility index (Phi) is 4.50. The molecule has 1 atom stereocenters. The Bertz CT molecular complexity index is 456. The summed E-state index contributed by atoms with van der Waals surface area (Å²) < 4.78 is 26.5. The van der Waals surface area contributed by atoms with Crippen molar-refractivity contribution in [3.05, 3.63) is 33.1 Å². The molecule has 1 N–H and O–H groups in total. The van der Waals surface area contributed by atoms with Gasteiger partial charge in [0.05, 0.1) is 6.04 Å². The van der Waals surface area contributed by atoms with Gasteiger partial charge in [-0.3, -0.25) is 4.79 Å². The van der Waals surface area contributed by atoms with E-state index in [9.17, 15) is 13.6 Å². The van der Waals surface area contributed by atoms with Crippen molar-refractivity contribution in [3.8, 4) is 0 Å². The molecule has 1 heterocycles. The molecule has 98 valence electrons. The summed E-state index contributed by atoms with van der Waals surface area (Å²) in [5, 5.41) is 2.98. The molecule has 0 bridgehead atoms. The van der Waals surface area contributed by atoms with Gasteiger partial charge in [-0.1, -0.05) is 0 Å². The number of carbonyl (C=O) groups excluding carboxylic acids is 1. The molecule has 0 aliphatic carbocycles. The highest BCUT2D eigenvalue weighted by Crippen LogP contribution is 2.15. The average molecular weight is 366 g/mol. The summed E-state index contributed by atoms with van der Waals surface area (Å²) in [5.41, 5.74) is 0.312. The van der Waals surface area contributed by atoms with Gasteiger partial charge in [-0.25, -0.2) is 8.78 Å². The van der Waals surface area contributed by atoms with Crippen molar-refractivity contribution in [2.45, 2.75) is 6.04 Å². The topological polar surface area (TPSA) is 32.3 Å². The summed E-state index contributed by atoms with van der Waals surface area (Å²) in [6, 6.07) is 4.07. The van der Waals surface area contributed by atoms with Gasteiger partial charge in [-0.2, -0.15) is 0 Å². The number of nitrogens with zero attached hydrogens (tertiary/aromatic N) is 1. The second-order valence-corrected chi connectivity index (χ2v) is 5.35. The van der Waals surface area contributed by atoms with Crippen molar-refractivity contribution in [2.75, 3.05) is 26.3 Å². The van der Waals surface area contributed by atoms with Crippen LogP contribution in [0.4, 0.5) is 8.78 Å². The molecule has 0 aromatic heterocycles. The highest BCUT2D eigenvalue weighted by atomic mass is 127. The molecule has 0 saturated carbocycles. The maximum Gasteiger partial charge on any atom is 0.254 e. The minimum atomic E-state index is -0.509. The second-order valence-electron chi connectivity index (χ2n) is 4.19. The van der Waals surface area contributed by atoms with Gasteiger partial charge in [0, 0.05) is 28.8 Å². The van der Waals surface area contributed by atoms with Crippen molar-refractivity contribution in [3.63, 3.8) is 0 Å². The van der Waals surface area contributed by atoms with Crippen LogP contribution < -0.4 is 5.32 Å². The van der Waals surface area contributed by atoms with Gasteiger partial charge in [0.15, 0.2) is 0 Å². The van der Waals surface area contributed by atoms with Crippen LogP contribution in [0.5, 0.6) is 0 Å². The number of benzene rings is 1. The van der Waals surface area contributed by atoms with Gasteiger partial charge in [-0.15, -0.1) is 0 Å². The van der Waals surface area contributed by atoms with E-state index in [1.807, 2.05) is 22.6 Å². The van der Waals surface area contributed by atoms with E-state index in [1.165, 1.54) is 6.07 Å². The Morgan fingerprint density at radius 3 is 3.00 bits per heavy atom. The summed E-state index contributed by atoms with van der Waals surface area (Å²) in [5.74, 6) is -0.649. The van der Waals surface area contributed by atoms with Gasteiger partial charge >= 0.3 is 0 Å². The fourth-order valence-electron chi connectivity index (χ4n) is 1.93. The molecule has 1 saturated heterocycles. The van der Waals surface area contributed by atoms with Crippen LogP contribution in [0.25, 0.3) is 0 Å². The third kappa shape index (κ3) is 2.97. The van der Waals surface area contributed by atoms with E-state index >= 15 is 0 Å². The summed E-state index contributed by atoms with van der Waals surface area (Å²) in [4.78, 5) is 13.7. The van der Waals surface area contributed by atoms with Crippen LogP contribution in [0, 0.1) is 9.39 Å². The third-order valence-corrected chi connectivity index (χ3v) is 3.77. The highest BCUT2D eigenvalue weighted by Gasteiger charge is 2.24. The Balaban J connectivity index is 2.12. The monoisotopic (exact) mass is 366 g/mol. The van der Waals surface area contributed by atoms with E-state index < -0.39 is 12.5 Å². The number of hydrogen-bond acceptors (Lipinski definition) is 2. The molecule has 1 aromatic rings. The number of carbonyl (C=O) groups is 1. The lowest BCUT2D eigenvalue weighted by molar-refractivity contribution is 0.0692. The van der Waals surface area contributed by atoms with Gasteiger partial charge in [0.1, 0.15) is 12.5 Å². The Morgan fingerprint density at radius 1 is 1.56 bits per heavy atom. The molecule has 1 aliphatic rings. The quantitative estimate of drug-likeness (QED) is 0.810. The van der Waals surface area contributed by atoms with Crippen LogP contribution in [0.15, 0.2) is 18.2 Å². The van der Waals surface area contributed by atoms with Gasteiger partial charge in [-0.05, 0) is 40.8 Å². The van der Waals surface area contributed by atoms with E-state index in [-0.39, 0.29) is 11.9 Å². The van der Waals surface area contributed by atoms with Crippen molar-refractivity contribution in [1.82, 2.24) is 10.2 Å². The Hall–Kier alpha value is -0.760. The molecular weight excluding hydrogens is 353 g/mol. The Morgan fingerprint density at radius 2 is 2.33 bits per heavy atom. The number of hydrogen-bond donors (Lipinski definition) is 1. The second kappa shape index (κ2) is 5.92. The molecule has 0 spiro atoms. The number of rotatable bonds is 2. The predicted molar refractivity (Wildman–Crippen MR) is 72.8 cm³/mol. The molecule has 1 unspecified atom stereocenters. The fourth-order valence-corrected chi connectivity index (χ4v) is 2.26. The number of halogens is 3. The first-order valence-corrected chi connectivity index (χ1v) is 6.73. The summed E-state index contributed by atoms with van der Waals surface area (Å²) in [7, 11) is 0. The van der Waals surface area contributed by atoms with Crippen molar-refractivity contribution >= 4 is 28.5 Å². The zero-order chi connectivity index (χ0) is 13.1. The number of alkyl halides is 1. The normalized spacial score (nSPS) is 19.9. The smallest absolute Gasteiger partial charge is 0.254 e. The van der Waals surface area contributed by atoms with Crippen LogP contribution in [0.2, 0.25) is 0 Å². The first kappa shape index (κ1) is 13.7. The van der Waals surface area contributed by atoms with E-state index in [1.54, 1.807) is 17.0 Å². The molecule has 2 rings (SSSR count). The van der Waals surface area contributed by atoms with Crippen LogP contribution >= 0.6 is 22.6 Å². The van der Waals surface area contributed by atoms with Crippen LogP contribution in [-0.4, -0.2) is 43.2 Å². The SMILES string of the molecule is O=C(c1ccc(I)c(F)c1)N1CCNC(CF)C1. The predicted octanol–water partition coefficient (Wildman–Crippen LogP) is 1.81. The molecule has 1 aromatic carbocycles. The zero-order valence-electron chi connectivity index (χ0n) is 9.63. The maximum atomic E-state index is 13.4. The number of amides is 1. The summed E-state index contributed by atoms with van der Waals surface area (Å²) >= 11 is 1.87. The van der Waals surface area contributed by atoms with Crippen molar-refractivity contribution in [2.24, 2.45) is 0 Å². The van der Waals surface area contributed by atoms with Crippen molar-refractivity contribution in [1.29, 1.82) is 0 Å². The average Bonchev–Trinajstić information content (AvgIpc) is 2.41. The number of nitrogens with one attached hydrogen (secondary N) is 1. The highest BCUT2D eigenvalue weighted by molar-refractivity contribution is 14.1. The van der Waals surface area contributed by atoms with Gasteiger partial charge in [0.2, 0.25) is 0 Å². The summed E-state index contributed by atoms with van der Waals surface area (Å²) in [6.45, 7) is 0.893. The molecule has 1 fully saturated rings. The van der Waals surface area contributed by atoms with Gasteiger partial charge < -0.3 is 10.2 Å². The lowest BCUT2D eigenvalue weighted by Crippen LogP contribution is -2.53. The van der Waals surface area contributed by atoms with Crippen LogP contribution in [0.3, 0.4) is 0 Å². The lowest BCUT2D eigenvalue weighted by atomic mass is 10.1. The number of piperazine rings is 1. The molecule has 0 radical (unpaired) electrons. The van der Waals surface area contributed by atoms with Crippen LogP contribution in [-0.2, 0) is 0 Å². The van der Waals surface area contributed by atoms with E-state index in [2.05, 4.69) is 5.32 Å². The molecule has 1 amide bonds. The van der Waals surface area contributed by atoms with E-state index in [4.69, 9.17) is 0 Å².